The normalized spacial score (nSPS) is 17.8. The summed E-state index contributed by atoms with van der Waals surface area (Å²) in [6.07, 6.45) is 7.96. The lowest BCUT2D eigenvalue weighted by molar-refractivity contribution is 0.314. The van der Waals surface area contributed by atoms with E-state index in [4.69, 9.17) is 0 Å². The van der Waals surface area contributed by atoms with Gasteiger partial charge in [-0.25, -0.2) is 0 Å². The molecular weight excluding hydrogens is 845 g/mol. The molecule has 3 aliphatic carbocycles. The molecule has 3 aliphatic rings. The Bertz CT molecular complexity index is 3470. The van der Waals surface area contributed by atoms with Crippen LogP contribution in [0.5, 0.6) is 0 Å². The van der Waals surface area contributed by atoms with E-state index in [2.05, 4.69) is 249 Å². The van der Waals surface area contributed by atoms with Gasteiger partial charge in [0.25, 0.3) is 0 Å². The average Bonchev–Trinajstić information content (AvgIpc) is 4.18. The number of hydrogen-bond acceptors (Lipinski definition) is 1. The maximum Gasteiger partial charge on any atom is 0.0707 e. The van der Waals surface area contributed by atoms with Crippen molar-refractivity contribution in [3.05, 3.63) is 263 Å². The van der Waals surface area contributed by atoms with E-state index in [1.54, 1.807) is 0 Å². The lowest BCUT2D eigenvalue weighted by Gasteiger charge is -2.40. The van der Waals surface area contributed by atoms with Crippen molar-refractivity contribution in [3.63, 3.8) is 0 Å². The van der Waals surface area contributed by atoms with Crippen LogP contribution < -0.4 is 4.90 Å². The number of anilines is 3. The molecule has 9 aromatic carbocycles. The standard InChI is InChI=1S/C68H60N2/c1-46-18-10-14-26-61(46)68(51-19-6-4-7-20-51,52-21-8-5-9-22-52)63-44-55(35-34-48(63)32-33-50-43-47-30-31-49(50)42-47)69(56-40-41-58-57-23-11-15-27-62(57)67(2,3)64(58)45-56)53-36-38-54(39-37-53)70-65-28-16-12-24-59(65)60-25-13-17-29-66(60)70/h4-29,34-41,44-45,47,49-50H,30-33,42-43H2,1-3H3/t47-,49+,50?/m1/s1. The second-order valence-corrected chi connectivity index (χ2v) is 21.2. The number of aryl methyl sites for hydroxylation is 2. The molecule has 1 heterocycles. The maximum atomic E-state index is 2.59. The molecule has 0 N–H and O–H groups in total. The number of para-hydroxylation sites is 2. The van der Waals surface area contributed by atoms with Crippen LogP contribution in [-0.4, -0.2) is 4.57 Å². The minimum atomic E-state index is -0.596. The van der Waals surface area contributed by atoms with Gasteiger partial charge in [0.05, 0.1) is 16.4 Å². The summed E-state index contributed by atoms with van der Waals surface area (Å²) in [4.78, 5) is 2.54. The molecule has 3 atom stereocenters. The van der Waals surface area contributed by atoms with Gasteiger partial charge >= 0.3 is 0 Å². The highest BCUT2D eigenvalue weighted by atomic mass is 15.1. The van der Waals surface area contributed by atoms with Gasteiger partial charge in [-0.05, 0) is 173 Å². The summed E-state index contributed by atoms with van der Waals surface area (Å²) in [5, 5.41) is 2.54. The molecule has 13 rings (SSSR count). The van der Waals surface area contributed by atoms with Gasteiger partial charge in [0.1, 0.15) is 0 Å². The van der Waals surface area contributed by atoms with E-state index in [9.17, 15) is 0 Å². The van der Waals surface area contributed by atoms with E-state index in [1.807, 2.05) is 0 Å². The molecule has 0 radical (unpaired) electrons. The van der Waals surface area contributed by atoms with Gasteiger partial charge in [-0.2, -0.15) is 0 Å². The zero-order valence-electron chi connectivity index (χ0n) is 40.7. The van der Waals surface area contributed by atoms with E-state index in [-0.39, 0.29) is 5.41 Å². The molecule has 2 heteroatoms. The molecule has 2 fully saturated rings. The molecule has 70 heavy (non-hydrogen) atoms. The van der Waals surface area contributed by atoms with Gasteiger partial charge in [-0.15, -0.1) is 0 Å². The van der Waals surface area contributed by atoms with Crippen molar-refractivity contribution in [1.29, 1.82) is 0 Å². The van der Waals surface area contributed by atoms with Gasteiger partial charge in [0.15, 0.2) is 0 Å². The minimum absolute atomic E-state index is 0.149. The first-order valence-corrected chi connectivity index (χ1v) is 25.8. The molecule has 0 saturated heterocycles. The average molecular weight is 905 g/mol. The van der Waals surface area contributed by atoms with Crippen LogP contribution in [0.15, 0.2) is 218 Å². The molecular formula is C68H60N2. The van der Waals surface area contributed by atoms with Crippen LogP contribution in [0, 0.1) is 24.7 Å². The fraction of sp³-hybridized carbons (Fsp3) is 0.206. The summed E-state index contributed by atoms with van der Waals surface area (Å²) in [6.45, 7) is 7.10. The van der Waals surface area contributed by atoms with Crippen LogP contribution >= 0.6 is 0 Å². The van der Waals surface area contributed by atoms with Crippen LogP contribution in [0.3, 0.4) is 0 Å². The number of aromatic nitrogens is 1. The Labute approximate surface area is 413 Å². The van der Waals surface area contributed by atoms with Crippen molar-refractivity contribution in [2.75, 3.05) is 4.90 Å². The second-order valence-electron chi connectivity index (χ2n) is 21.2. The molecule has 2 bridgehead atoms. The van der Waals surface area contributed by atoms with Crippen LogP contribution in [0.4, 0.5) is 17.1 Å². The van der Waals surface area contributed by atoms with Crippen LogP contribution in [0.2, 0.25) is 0 Å². The van der Waals surface area contributed by atoms with E-state index in [0.29, 0.717) is 0 Å². The summed E-state index contributed by atoms with van der Waals surface area (Å²) in [6, 6.07) is 82.6. The fourth-order valence-corrected chi connectivity index (χ4v) is 13.9. The van der Waals surface area contributed by atoms with E-state index in [1.165, 1.54) is 110 Å². The highest BCUT2D eigenvalue weighted by molar-refractivity contribution is 6.09. The van der Waals surface area contributed by atoms with Crippen molar-refractivity contribution < 1.29 is 0 Å². The monoisotopic (exact) mass is 904 g/mol. The maximum absolute atomic E-state index is 2.59. The highest BCUT2D eigenvalue weighted by Gasteiger charge is 2.43. The molecule has 10 aromatic rings. The number of fused-ring (bicyclic) bond motifs is 8. The van der Waals surface area contributed by atoms with Crippen molar-refractivity contribution in [2.24, 2.45) is 17.8 Å². The Balaban J connectivity index is 1.05. The summed E-state index contributed by atoms with van der Waals surface area (Å²) in [7, 11) is 0. The smallest absolute Gasteiger partial charge is 0.0707 e. The predicted molar refractivity (Wildman–Crippen MR) is 293 cm³/mol. The van der Waals surface area contributed by atoms with Crippen molar-refractivity contribution in [3.8, 4) is 16.8 Å². The predicted octanol–water partition coefficient (Wildman–Crippen LogP) is 17.6. The van der Waals surface area contributed by atoms with E-state index < -0.39 is 5.41 Å². The lowest BCUT2D eigenvalue weighted by atomic mass is 9.62. The number of hydrogen-bond donors (Lipinski definition) is 0. The molecule has 0 aliphatic heterocycles. The van der Waals surface area contributed by atoms with E-state index in [0.717, 1.165) is 46.9 Å². The summed E-state index contributed by atoms with van der Waals surface area (Å²) in [5.41, 5.74) is 19.7. The number of benzene rings is 9. The molecule has 2 nitrogen and oxygen atoms in total. The van der Waals surface area contributed by atoms with Crippen molar-refractivity contribution in [2.45, 2.75) is 70.1 Å². The third-order valence-electron chi connectivity index (χ3n) is 17.2. The summed E-state index contributed by atoms with van der Waals surface area (Å²) >= 11 is 0. The minimum Gasteiger partial charge on any atom is -0.310 e. The zero-order chi connectivity index (χ0) is 47.0. The van der Waals surface area contributed by atoms with E-state index >= 15 is 0 Å². The summed E-state index contributed by atoms with van der Waals surface area (Å²) < 4.78 is 2.42. The third kappa shape index (κ3) is 6.74. The second kappa shape index (κ2) is 16.9. The topological polar surface area (TPSA) is 8.17 Å². The van der Waals surface area contributed by atoms with Crippen molar-refractivity contribution >= 4 is 38.9 Å². The van der Waals surface area contributed by atoms with Gasteiger partial charge in [0, 0.05) is 38.9 Å². The Morgan fingerprint density at radius 1 is 0.514 bits per heavy atom. The molecule has 0 spiro atoms. The largest absolute Gasteiger partial charge is 0.310 e. The first kappa shape index (κ1) is 42.7. The summed E-state index contributed by atoms with van der Waals surface area (Å²) in [5.74, 6) is 2.61. The fourth-order valence-electron chi connectivity index (χ4n) is 13.9. The quantitative estimate of drug-likeness (QED) is 0.117. The Kier molecular flexibility index (Phi) is 10.3. The third-order valence-corrected chi connectivity index (χ3v) is 17.2. The number of rotatable bonds is 11. The van der Waals surface area contributed by atoms with Gasteiger partial charge in [0.2, 0.25) is 0 Å². The molecule has 2 saturated carbocycles. The van der Waals surface area contributed by atoms with Crippen LogP contribution in [-0.2, 0) is 17.3 Å². The first-order chi connectivity index (χ1) is 34.4. The highest BCUT2D eigenvalue weighted by Crippen LogP contribution is 2.54. The Morgan fingerprint density at radius 2 is 1.10 bits per heavy atom. The molecule has 1 aromatic heterocycles. The SMILES string of the molecule is Cc1ccccc1C(c1ccccc1)(c1ccccc1)c1cc(N(c2ccc(-n3c4ccccc4c4ccccc43)cc2)c2ccc3c(c2)C(C)(C)c2ccccc2-3)ccc1CCC1C[C@@H]2CC[C@H]1C2. The van der Waals surface area contributed by atoms with Gasteiger partial charge < -0.3 is 9.47 Å². The lowest BCUT2D eigenvalue weighted by Crippen LogP contribution is -2.33. The Hall–Kier alpha value is -7.42. The zero-order valence-corrected chi connectivity index (χ0v) is 40.7. The van der Waals surface area contributed by atoms with Crippen molar-refractivity contribution in [1.82, 2.24) is 4.57 Å². The number of nitrogens with zero attached hydrogens (tertiary/aromatic N) is 2. The van der Waals surface area contributed by atoms with Crippen LogP contribution in [0.1, 0.15) is 90.5 Å². The molecule has 342 valence electrons. The van der Waals surface area contributed by atoms with Gasteiger partial charge in [-0.3, -0.25) is 0 Å². The molecule has 0 amide bonds. The van der Waals surface area contributed by atoms with Gasteiger partial charge in [-0.1, -0.05) is 178 Å². The Morgan fingerprint density at radius 3 is 1.77 bits per heavy atom. The van der Waals surface area contributed by atoms with Crippen LogP contribution in [0.25, 0.3) is 38.6 Å². The molecule has 1 unspecified atom stereocenters. The first-order valence-electron chi connectivity index (χ1n) is 25.8.